The maximum Gasteiger partial charge on any atom is 0.120 e. The minimum atomic E-state index is 0.800. The summed E-state index contributed by atoms with van der Waals surface area (Å²) in [6.45, 7) is 5.98. The van der Waals surface area contributed by atoms with Gasteiger partial charge < -0.3 is 9.73 Å². The average Bonchev–Trinajstić information content (AvgIpc) is 2.70. The summed E-state index contributed by atoms with van der Waals surface area (Å²) < 4.78 is 5.98. The summed E-state index contributed by atoms with van der Waals surface area (Å²) in [7, 11) is 1.95. The van der Waals surface area contributed by atoms with Gasteiger partial charge in [0, 0.05) is 6.54 Å². The number of fused-ring (bicyclic) bond motifs is 1. The second kappa shape index (κ2) is 6.46. The van der Waals surface area contributed by atoms with Gasteiger partial charge in [0.2, 0.25) is 0 Å². The highest BCUT2D eigenvalue weighted by Crippen LogP contribution is 2.22. The van der Waals surface area contributed by atoms with Crippen LogP contribution in [0.3, 0.4) is 0 Å². The molecule has 0 aliphatic carbocycles. The molecule has 1 N–H and O–H groups in total. The highest BCUT2D eigenvalue weighted by Gasteiger charge is 2.16. The standard InChI is InChI=1S/C18H24N2O/c1-14-10-17(21-18(14)11-19-2)13-20-9-5-8-15-6-3-4-7-16(15)12-20/h3-4,6-7,10,19H,5,8-9,11-13H2,1-2H3. The van der Waals surface area contributed by atoms with E-state index in [0.29, 0.717) is 0 Å². The van der Waals surface area contributed by atoms with Gasteiger partial charge in [0.05, 0.1) is 13.1 Å². The Morgan fingerprint density at radius 1 is 1.24 bits per heavy atom. The van der Waals surface area contributed by atoms with Crippen molar-refractivity contribution in [1.29, 1.82) is 0 Å². The molecule has 0 spiro atoms. The first-order chi connectivity index (χ1) is 10.3. The van der Waals surface area contributed by atoms with Gasteiger partial charge in [-0.1, -0.05) is 24.3 Å². The third kappa shape index (κ3) is 3.36. The van der Waals surface area contributed by atoms with Crippen LogP contribution >= 0.6 is 0 Å². The van der Waals surface area contributed by atoms with Crippen molar-refractivity contribution < 1.29 is 4.42 Å². The molecule has 112 valence electrons. The Labute approximate surface area is 127 Å². The predicted molar refractivity (Wildman–Crippen MR) is 85.1 cm³/mol. The highest BCUT2D eigenvalue weighted by atomic mass is 16.3. The quantitative estimate of drug-likeness (QED) is 0.934. The van der Waals surface area contributed by atoms with Crippen molar-refractivity contribution in [3.05, 3.63) is 58.5 Å². The third-order valence-electron chi connectivity index (χ3n) is 4.22. The molecule has 0 unspecified atom stereocenters. The molecule has 0 saturated carbocycles. The number of hydrogen-bond donors (Lipinski definition) is 1. The monoisotopic (exact) mass is 284 g/mol. The number of nitrogens with one attached hydrogen (secondary N) is 1. The molecule has 1 aromatic carbocycles. The van der Waals surface area contributed by atoms with Crippen LogP contribution in [0.25, 0.3) is 0 Å². The Morgan fingerprint density at radius 3 is 2.86 bits per heavy atom. The Morgan fingerprint density at radius 2 is 2.05 bits per heavy atom. The van der Waals surface area contributed by atoms with Gasteiger partial charge in [-0.2, -0.15) is 0 Å². The second-order valence-electron chi connectivity index (χ2n) is 5.93. The molecule has 0 fully saturated rings. The van der Waals surface area contributed by atoms with Crippen LogP contribution in [0.2, 0.25) is 0 Å². The molecule has 0 radical (unpaired) electrons. The van der Waals surface area contributed by atoms with Crippen LogP contribution in [-0.4, -0.2) is 18.5 Å². The number of benzene rings is 1. The molecule has 3 nitrogen and oxygen atoms in total. The summed E-state index contributed by atoms with van der Waals surface area (Å²) in [5.74, 6) is 2.14. The summed E-state index contributed by atoms with van der Waals surface area (Å²) >= 11 is 0. The molecule has 3 rings (SSSR count). The van der Waals surface area contributed by atoms with E-state index in [1.165, 1.54) is 29.5 Å². The fourth-order valence-electron chi connectivity index (χ4n) is 3.13. The fraction of sp³-hybridized carbons (Fsp3) is 0.444. The number of furan rings is 1. The fourth-order valence-corrected chi connectivity index (χ4v) is 3.13. The van der Waals surface area contributed by atoms with Crippen LogP contribution in [0, 0.1) is 6.92 Å². The van der Waals surface area contributed by atoms with Gasteiger partial charge >= 0.3 is 0 Å². The lowest BCUT2D eigenvalue weighted by atomic mass is 10.0. The van der Waals surface area contributed by atoms with Gasteiger partial charge in [-0.3, -0.25) is 4.90 Å². The second-order valence-corrected chi connectivity index (χ2v) is 5.93. The summed E-state index contributed by atoms with van der Waals surface area (Å²) in [4.78, 5) is 2.49. The van der Waals surface area contributed by atoms with Gasteiger partial charge in [0.25, 0.3) is 0 Å². The zero-order chi connectivity index (χ0) is 14.7. The molecule has 1 aromatic heterocycles. The van der Waals surface area contributed by atoms with Gasteiger partial charge in [-0.15, -0.1) is 0 Å². The van der Waals surface area contributed by atoms with Crippen LogP contribution < -0.4 is 5.32 Å². The lowest BCUT2D eigenvalue weighted by Crippen LogP contribution is -2.22. The van der Waals surface area contributed by atoms with Crippen molar-refractivity contribution >= 4 is 0 Å². The largest absolute Gasteiger partial charge is 0.463 e. The first-order valence-electron chi connectivity index (χ1n) is 7.78. The summed E-state index contributed by atoms with van der Waals surface area (Å²) in [5.41, 5.74) is 4.22. The van der Waals surface area contributed by atoms with Crippen LogP contribution in [0.15, 0.2) is 34.7 Å². The van der Waals surface area contributed by atoms with Gasteiger partial charge in [-0.05, 0) is 56.1 Å². The van der Waals surface area contributed by atoms with Gasteiger partial charge in [-0.25, -0.2) is 0 Å². The van der Waals surface area contributed by atoms with Crippen molar-refractivity contribution in [2.75, 3.05) is 13.6 Å². The molecule has 0 atom stereocenters. The molecule has 0 saturated heterocycles. The summed E-state index contributed by atoms with van der Waals surface area (Å²) in [6, 6.07) is 11.0. The van der Waals surface area contributed by atoms with Crippen molar-refractivity contribution in [3.8, 4) is 0 Å². The Balaban J connectivity index is 1.72. The SMILES string of the molecule is CNCc1oc(CN2CCCc3ccccc3C2)cc1C. The molecular weight excluding hydrogens is 260 g/mol. The third-order valence-corrected chi connectivity index (χ3v) is 4.22. The lowest BCUT2D eigenvalue weighted by molar-refractivity contribution is 0.236. The zero-order valence-electron chi connectivity index (χ0n) is 13.0. The van der Waals surface area contributed by atoms with E-state index >= 15 is 0 Å². The van der Waals surface area contributed by atoms with E-state index in [0.717, 1.165) is 37.7 Å². The van der Waals surface area contributed by atoms with Crippen molar-refractivity contribution in [2.24, 2.45) is 0 Å². The highest BCUT2D eigenvalue weighted by molar-refractivity contribution is 5.28. The predicted octanol–water partition coefficient (Wildman–Crippen LogP) is 3.26. The van der Waals surface area contributed by atoms with E-state index < -0.39 is 0 Å². The Bertz CT molecular complexity index is 603. The van der Waals surface area contributed by atoms with Crippen LogP contribution in [0.4, 0.5) is 0 Å². The topological polar surface area (TPSA) is 28.4 Å². The van der Waals surface area contributed by atoms with Gasteiger partial charge in [0.15, 0.2) is 0 Å². The van der Waals surface area contributed by atoms with E-state index in [-0.39, 0.29) is 0 Å². The molecular formula is C18H24N2O. The van der Waals surface area contributed by atoms with Crippen LogP contribution in [0.5, 0.6) is 0 Å². The van der Waals surface area contributed by atoms with E-state index in [1.54, 1.807) is 0 Å². The summed E-state index contributed by atoms with van der Waals surface area (Å²) in [6.07, 6.45) is 2.41. The van der Waals surface area contributed by atoms with Crippen molar-refractivity contribution in [2.45, 2.75) is 39.4 Å². The number of rotatable bonds is 4. The lowest BCUT2D eigenvalue weighted by Gasteiger charge is -2.19. The van der Waals surface area contributed by atoms with Crippen LogP contribution in [0.1, 0.15) is 34.6 Å². The minimum absolute atomic E-state index is 0.800. The molecule has 0 amide bonds. The molecule has 21 heavy (non-hydrogen) atoms. The number of aryl methyl sites for hydroxylation is 2. The molecule has 2 aromatic rings. The molecule has 0 bridgehead atoms. The number of hydrogen-bond acceptors (Lipinski definition) is 3. The van der Waals surface area contributed by atoms with Crippen LogP contribution in [-0.2, 0) is 26.1 Å². The average molecular weight is 284 g/mol. The van der Waals surface area contributed by atoms with Crippen molar-refractivity contribution in [3.63, 3.8) is 0 Å². The first-order valence-corrected chi connectivity index (χ1v) is 7.78. The summed E-state index contributed by atoms with van der Waals surface area (Å²) in [5, 5.41) is 3.16. The maximum atomic E-state index is 5.98. The number of nitrogens with zero attached hydrogens (tertiary/aromatic N) is 1. The Kier molecular flexibility index (Phi) is 4.42. The van der Waals surface area contributed by atoms with E-state index in [1.807, 2.05) is 7.05 Å². The van der Waals surface area contributed by atoms with E-state index in [2.05, 4.69) is 47.5 Å². The van der Waals surface area contributed by atoms with Gasteiger partial charge in [0.1, 0.15) is 11.5 Å². The van der Waals surface area contributed by atoms with E-state index in [9.17, 15) is 0 Å². The molecule has 3 heteroatoms. The molecule has 2 heterocycles. The first kappa shape index (κ1) is 14.4. The maximum absolute atomic E-state index is 5.98. The normalized spacial score (nSPS) is 15.7. The Hall–Kier alpha value is -1.58. The zero-order valence-corrected chi connectivity index (χ0v) is 13.0. The minimum Gasteiger partial charge on any atom is -0.463 e. The van der Waals surface area contributed by atoms with E-state index in [4.69, 9.17) is 4.42 Å². The molecule has 1 aliphatic heterocycles. The van der Waals surface area contributed by atoms with Crippen molar-refractivity contribution in [1.82, 2.24) is 10.2 Å². The molecule has 1 aliphatic rings. The smallest absolute Gasteiger partial charge is 0.120 e.